The molecule has 0 unspecified atom stereocenters. The van der Waals surface area contributed by atoms with Gasteiger partial charge in [-0.25, -0.2) is 8.42 Å². The summed E-state index contributed by atoms with van der Waals surface area (Å²) in [5, 5.41) is -0.394. The first-order valence-electron chi connectivity index (χ1n) is 5.54. The van der Waals surface area contributed by atoms with Crippen LogP contribution in [0.15, 0.2) is 0 Å². The Bertz CT molecular complexity index is 333. The third-order valence-electron chi connectivity index (χ3n) is 2.89. The maximum absolute atomic E-state index is 11.8. The van der Waals surface area contributed by atoms with E-state index in [1.54, 1.807) is 20.9 Å². The molecule has 0 aromatic carbocycles. The van der Waals surface area contributed by atoms with Crippen molar-refractivity contribution >= 4 is 15.7 Å². The Labute approximate surface area is 98.9 Å². The number of carbonyl (C=O) groups is 1. The first-order chi connectivity index (χ1) is 7.09. The fourth-order valence-electron chi connectivity index (χ4n) is 1.42. The zero-order chi connectivity index (χ0) is 13.1. The van der Waals surface area contributed by atoms with Gasteiger partial charge in [0, 0.05) is 20.0 Å². The van der Waals surface area contributed by atoms with Gasteiger partial charge < -0.3 is 4.90 Å². The van der Waals surface area contributed by atoms with Gasteiger partial charge in [0.1, 0.15) is 0 Å². The largest absolute Gasteiger partial charge is 0.342 e. The fraction of sp³-hybridized carbons (Fsp3) is 0.909. The molecule has 0 saturated heterocycles. The Hall–Kier alpha value is -0.580. The van der Waals surface area contributed by atoms with Gasteiger partial charge in [-0.05, 0) is 19.8 Å². The van der Waals surface area contributed by atoms with Crippen molar-refractivity contribution in [2.75, 3.05) is 12.8 Å². The highest BCUT2D eigenvalue weighted by Gasteiger charge is 2.28. The fourth-order valence-corrected chi connectivity index (χ4v) is 2.88. The summed E-state index contributed by atoms with van der Waals surface area (Å²) < 4.78 is 23.7. The minimum atomic E-state index is -3.11. The third-order valence-corrected chi connectivity index (χ3v) is 5.13. The molecule has 16 heavy (non-hydrogen) atoms. The van der Waals surface area contributed by atoms with Crippen molar-refractivity contribution in [1.29, 1.82) is 0 Å². The lowest BCUT2D eigenvalue weighted by Gasteiger charge is -2.30. The summed E-state index contributed by atoms with van der Waals surface area (Å²) in [6.45, 7) is 8.65. The van der Waals surface area contributed by atoms with Gasteiger partial charge >= 0.3 is 0 Å². The van der Waals surface area contributed by atoms with Gasteiger partial charge in [-0.15, -0.1) is 0 Å². The molecular weight excluding hydrogens is 226 g/mol. The van der Waals surface area contributed by atoms with Gasteiger partial charge in [0.2, 0.25) is 5.91 Å². The normalized spacial score (nSPS) is 14.2. The predicted molar refractivity (Wildman–Crippen MR) is 66.0 cm³/mol. The van der Waals surface area contributed by atoms with E-state index in [9.17, 15) is 13.2 Å². The van der Waals surface area contributed by atoms with Crippen LogP contribution in [0.25, 0.3) is 0 Å². The molecule has 0 aliphatic rings. The van der Waals surface area contributed by atoms with Gasteiger partial charge in [-0.1, -0.05) is 13.8 Å². The van der Waals surface area contributed by atoms with E-state index in [-0.39, 0.29) is 23.6 Å². The van der Waals surface area contributed by atoms with Crippen molar-refractivity contribution in [2.24, 2.45) is 5.92 Å². The van der Waals surface area contributed by atoms with Crippen LogP contribution in [0, 0.1) is 5.92 Å². The van der Waals surface area contributed by atoms with Crippen LogP contribution in [-0.2, 0) is 14.6 Å². The number of hydrogen-bond acceptors (Lipinski definition) is 3. The second kappa shape index (κ2) is 5.66. The lowest BCUT2D eigenvalue weighted by Crippen LogP contribution is -2.44. The number of nitrogens with zero attached hydrogens (tertiary/aromatic N) is 1. The van der Waals surface area contributed by atoms with Crippen LogP contribution in [0.5, 0.6) is 0 Å². The highest BCUT2D eigenvalue weighted by Crippen LogP contribution is 2.14. The first kappa shape index (κ1) is 15.4. The summed E-state index contributed by atoms with van der Waals surface area (Å²) in [5.74, 6) is 0.0679. The second-order valence-electron chi connectivity index (χ2n) is 4.82. The number of amides is 1. The average molecular weight is 249 g/mol. The average Bonchev–Trinajstić information content (AvgIpc) is 2.12. The molecule has 0 aliphatic carbocycles. The van der Waals surface area contributed by atoms with Crippen molar-refractivity contribution in [3.63, 3.8) is 0 Å². The van der Waals surface area contributed by atoms with Gasteiger partial charge in [0.25, 0.3) is 0 Å². The number of carbonyl (C=O) groups excluding carboxylic acids is 1. The smallest absolute Gasteiger partial charge is 0.219 e. The van der Waals surface area contributed by atoms with E-state index in [1.165, 1.54) is 11.8 Å². The first-order valence-corrected chi connectivity index (χ1v) is 7.26. The van der Waals surface area contributed by atoms with Gasteiger partial charge in [0.05, 0.1) is 11.0 Å². The number of sulfone groups is 1. The van der Waals surface area contributed by atoms with Crippen molar-refractivity contribution in [3.8, 4) is 0 Å². The molecule has 5 heteroatoms. The Kier molecular flexibility index (Phi) is 5.46. The van der Waals surface area contributed by atoms with E-state index in [1.807, 2.05) is 13.8 Å². The van der Waals surface area contributed by atoms with Crippen molar-refractivity contribution < 1.29 is 13.2 Å². The highest BCUT2D eigenvalue weighted by molar-refractivity contribution is 7.92. The second-order valence-corrected chi connectivity index (χ2v) is 7.42. The maximum atomic E-state index is 11.8. The van der Waals surface area contributed by atoms with E-state index >= 15 is 0 Å². The van der Waals surface area contributed by atoms with Crippen LogP contribution in [-0.4, -0.2) is 43.3 Å². The summed E-state index contributed by atoms with van der Waals surface area (Å²) in [7, 11) is -1.46. The lowest BCUT2D eigenvalue weighted by atomic mass is 10.1. The highest BCUT2D eigenvalue weighted by atomic mass is 32.2. The molecular formula is C11H23NO3S. The van der Waals surface area contributed by atoms with Gasteiger partial charge in [0.15, 0.2) is 9.84 Å². The zero-order valence-corrected chi connectivity index (χ0v) is 11.8. The number of hydrogen-bond donors (Lipinski definition) is 0. The maximum Gasteiger partial charge on any atom is 0.219 e. The topological polar surface area (TPSA) is 54.5 Å². The molecule has 0 aliphatic heterocycles. The monoisotopic (exact) mass is 249 g/mol. The van der Waals surface area contributed by atoms with Crippen LogP contribution in [0.4, 0.5) is 0 Å². The molecule has 0 aromatic rings. The molecule has 4 nitrogen and oxygen atoms in total. The predicted octanol–water partition coefficient (Wildman–Crippen LogP) is 1.31. The van der Waals surface area contributed by atoms with E-state index in [2.05, 4.69) is 0 Å². The van der Waals surface area contributed by atoms with Crippen LogP contribution >= 0.6 is 0 Å². The molecule has 0 fully saturated rings. The SMILES string of the molecule is CC(=O)N(C)[C@H](CS(=O)(=O)C(C)C)C(C)C. The lowest BCUT2D eigenvalue weighted by molar-refractivity contribution is -0.129. The van der Waals surface area contributed by atoms with E-state index in [0.717, 1.165) is 0 Å². The molecule has 0 saturated carbocycles. The third kappa shape index (κ3) is 4.12. The Morgan fingerprint density at radius 3 is 1.88 bits per heavy atom. The van der Waals surface area contributed by atoms with E-state index < -0.39 is 15.1 Å². The minimum absolute atomic E-state index is 0.0401. The summed E-state index contributed by atoms with van der Waals surface area (Å²) in [5.41, 5.74) is 0. The van der Waals surface area contributed by atoms with Crippen LogP contribution in [0.2, 0.25) is 0 Å². The summed E-state index contributed by atoms with van der Waals surface area (Å²) in [4.78, 5) is 12.8. The Balaban J connectivity index is 4.92. The van der Waals surface area contributed by atoms with Crippen LogP contribution in [0.1, 0.15) is 34.6 Å². The molecule has 0 N–H and O–H groups in total. The molecule has 0 spiro atoms. The van der Waals surface area contributed by atoms with Crippen molar-refractivity contribution in [2.45, 2.75) is 45.9 Å². The molecule has 96 valence electrons. The minimum Gasteiger partial charge on any atom is -0.342 e. The molecule has 1 amide bonds. The summed E-state index contributed by atoms with van der Waals surface area (Å²) in [6.07, 6.45) is 0. The molecule has 0 aromatic heterocycles. The van der Waals surface area contributed by atoms with E-state index in [4.69, 9.17) is 0 Å². The van der Waals surface area contributed by atoms with Gasteiger partial charge in [-0.2, -0.15) is 0 Å². The Morgan fingerprint density at radius 1 is 1.19 bits per heavy atom. The molecule has 1 atom stereocenters. The van der Waals surface area contributed by atoms with Gasteiger partial charge in [-0.3, -0.25) is 4.79 Å². The van der Waals surface area contributed by atoms with Crippen molar-refractivity contribution in [1.82, 2.24) is 4.90 Å². The number of rotatable bonds is 5. The molecule has 0 heterocycles. The molecule has 0 bridgehead atoms. The zero-order valence-electron chi connectivity index (χ0n) is 11.0. The quantitative estimate of drug-likeness (QED) is 0.738. The Morgan fingerprint density at radius 2 is 1.62 bits per heavy atom. The molecule has 0 radical (unpaired) electrons. The summed E-state index contributed by atoms with van der Waals surface area (Å²) >= 11 is 0. The standard InChI is InChI=1S/C11H23NO3S/c1-8(2)11(12(6)10(5)13)7-16(14,15)9(3)4/h8-9,11H,7H2,1-6H3/t11-/m1/s1. The van der Waals surface area contributed by atoms with Crippen LogP contribution in [0.3, 0.4) is 0 Å². The summed E-state index contributed by atoms with van der Waals surface area (Å²) in [6, 6.07) is -0.245. The van der Waals surface area contributed by atoms with E-state index in [0.29, 0.717) is 0 Å². The molecule has 0 rings (SSSR count). The van der Waals surface area contributed by atoms with Crippen LogP contribution < -0.4 is 0 Å². The van der Waals surface area contributed by atoms with Crippen molar-refractivity contribution in [3.05, 3.63) is 0 Å².